The number of nitrogens with one attached hydrogen (secondary N) is 2. The van der Waals surface area contributed by atoms with Crippen molar-refractivity contribution >= 4 is 17.2 Å². The molecular weight excluding hydrogens is 502 g/mol. The highest BCUT2D eigenvalue weighted by Gasteiger charge is 2.18. The molecule has 2 N–H and O–H groups in total. The molecule has 0 aliphatic heterocycles. The van der Waals surface area contributed by atoms with Crippen LogP contribution in [-0.4, -0.2) is 38.9 Å². The minimum absolute atomic E-state index is 0.00308. The quantitative estimate of drug-likeness (QED) is 0.0832. The van der Waals surface area contributed by atoms with Crippen molar-refractivity contribution in [2.75, 3.05) is 18.5 Å². The van der Waals surface area contributed by atoms with Crippen LogP contribution in [0.25, 0.3) is 17.0 Å². The van der Waals surface area contributed by atoms with Gasteiger partial charge in [-0.3, -0.25) is 9.89 Å². The normalized spacial score (nSPS) is 11.9. The number of nitrogens with zero attached hydrogens (tertiary/aromatic N) is 3. The second-order valence-electron chi connectivity index (χ2n) is 11.9. The fourth-order valence-electron chi connectivity index (χ4n) is 4.69. The summed E-state index contributed by atoms with van der Waals surface area (Å²) in [5, 5.41) is 10.6. The van der Waals surface area contributed by atoms with Gasteiger partial charge in [0.25, 0.3) is 5.91 Å². The molecule has 8 nitrogen and oxygen atoms in total. The van der Waals surface area contributed by atoms with Crippen molar-refractivity contribution in [3.8, 4) is 11.4 Å². The number of carbonyl (C=O) groups excluding carboxylic acids is 1. The predicted molar refractivity (Wildman–Crippen MR) is 162 cm³/mol. The summed E-state index contributed by atoms with van der Waals surface area (Å²) < 4.78 is 1.70. The van der Waals surface area contributed by atoms with Gasteiger partial charge in [-0.15, -0.1) is 5.10 Å². The number of H-pyrrole nitrogens is 1. The van der Waals surface area contributed by atoms with Crippen LogP contribution in [0.1, 0.15) is 123 Å². The standard InChI is InChI=1S/C32H51N5O3/c1-5-6-7-8-9-10-11-12-13-14-15-16-17-18-23-39-40-25-30(38)33-27-21-19-26(20-22-27)31-34-29-24-28(32(2,3)4)35-37(29)36-31/h19-22,24,35H,5-18,23,25H2,1-4H3,(H,33,38). The van der Waals surface area contributed by atoms with Gasteiger partial charge >= 0.3 is 0 Å². The summed E-state index contributed by atoms with van der Waals surface area (Å²) in [6.45, 7) is 9.08. The first-order valence-corrected chi connectivity index (χ1v) is 15.5. The first-order chi connectivity index (χ1) is 19.4. The Labute approximate surface area is 240 Å². The van der Waals surface area contributed by atoms with Gasteiger partial charge in [0.2, 0.25) is 0 Å². The van der Waals surface area contributed by atoms with E-state index < -0.39 is 0 Å². The number of rotatable bonds is 20. The molecule has 0 unspecified atom stereocenters. The zero-order chi connectivity index (χ0) is 28.6. The molecule has 0 saturated heterocycles. The van der Waals surface area contributed by atoms with E-state index in [1.54, 1.807) is 4.63 Å². The predicted octanol–water partition coefficient (Wildman–Crippen LogP) is 8.39. The molecule has 0 atom stereocenters. The van der Waals surface area contributed by atoms with Gasteiger partial charge in [0.05, 0.1) is 6.61 Å². The number of hydrogen-bond acceptors (Lipinski definition) is 5. The fourth-order valence-corrected chi connectivity index (χ4v) is 4.69. The third-order valence-corrected chi connectivity index (χ3v) is 7.22. The molecule has 222 valence electrons. The van der Waals surface area contributed by atoms with Gasteiger partial charge in [-0.1, -0.05) is 111 Å². The van der Waals surface area contributed by atoms with Crippen molar-refractivity contribution in [3.63, 3.8) is 0 Å². The summed E-state index contributed by atoms with van der Waals surface area (Å²) in [6.07, 6.45) is 18.5. The Morgan fingerprint density at radius 1 is 0.850 bits per heavy atom. The molecule has 1 amide bonds. The van der Waals surface area contributed by atoms with Crippen molar-refractivity contribution in [1.29, 1.82) is 0 Å². The van der Waals surface area contributed by atoms with Crippen molar-refractivity contribution in [3.05, 3.63) is 36.0 Å². The summed E-state index contributed by atoms with van der Waals surface area (Å²) >= 11 is 0. The topological polar surface area (TPSA) is 93.5 Å². The van der Waals surface area contributed by atoms with Crippen LogP contribution in [0.2, 0.25) is 0 Å². The summed E-state index contributed by atoms with van der Waals surface area (Å²) in [5.74, 6) is 0.377. The van der Waals surface area contributed by atoms with Crippen LogP contribution in [0.4, 0.5) is 5.69 Å². The minimum atomic E-state index is -0.253. The Morgan fingerprint density at radius 2 is 1.43 bits per heavy atom. The lowest BCUT2D eigenvalue weighted by Gasteiger charge is -2.14. The number of unbranched alkanes of at least 4 members (excludes halogenated alkanes) is 13. The van der Waals surface area contributed by atoms with Gasteiger partial charge in [-0.2, -0.15) is 4.63 Å². The highest BCUT2D eigenvalue weighted by Crippen LogP contribution is 2.24. The van der Waals surface area contributed by atoms with Crippen molar-refractivity contribution < 1.29 is 14.6 Å². The number of anilines is 1. The van der Waals surface area contributed by atoms with E-state index in [-0.39, 0.29) is 17.9 Å². The van der Waals surface area contributed by atoms with Gasteiger partial charge in [0, 0.05) is 28.4 Å². The summed E-state index contributed by atoms with van der Waals surface area (Å²) in [5.41, 5.74) is 3.43. The van der Waals surface area contributed by atoms with Crippen LogP contribution < -0.4 is 5.32 Å². The van der Waals surface area contributed by atoms with Crippen LogP contribution in [0.15, 0.2) is 30.3 Å². The molecule has 1 aromatic carbocycles. The lowest BCUT2D eigenvalue weighted by atomic mass is 9.93. The third-order valence-electron chi connectivity index (χ3n) is 7.22. The summed E-state index contributed by atoms with van der Waals surface area (Å²) in [4.78, 5) is 27.1. The Hall–Kier alpha value is -2.71. The van der Waals surface area contributed by atoms with Crippen molar-refractivity contribution in [1.82, 2.24) is 19.8 Å². The number of hydrogen-bond donors (Lipinski definition) is 2. The van der Waals surface area contributed by atoms with E-state index in [2.05, 4.69) is 48.2 Å². The van der Waals surface area contributed by atoms with E-state index in [1.165, 1.54) is 77.0 Å². The average molecular weight is 554 g/mol. The number of carbonyl (C=O) groups is 1. The molecule has 0 saturated carbocycles. The SMILES string of the molecule is CCCCCCCCCCCCCCCCOOCC(=O)Nc1ccc(-c2nc3cc(C(C)(C)C)[nH]n3n2)cc1. The Bertz CT molecular complexity index is 1080. The zero-order valence-electron chi connectivity index (χ0n) is 25.3. The molecule has 3 aromatic rings. The molecule has 8 heteroatoms. The second-order valence-corrected chi connectivity index (χ2v) is 11.9. The molecule has 40 heavy (non-hydrogen) atoms. The van der Waals surface area contributed by atoms with Gasteiger partial charge in [-0.05, 0) is 30.7 Å². The largest absolute Gasteiger partial charge is 0.324 e. The van der Waals surface area contributed by atoms with E-state index in [9.17, 15) is 4.79 Å². The number of aromatic amines is 1. The van der Waals surface area contributed by atoms with Crippen LogP contribution >= 0.6 is 0 Å². The van der Waals surface area contributed by atoms with Gasteiger partial charge in [-0.25, -0.2) is 14.8 Å². The third kappa shape index (κ3) is 11.4. The van der Waals surface area contributed by atoms with Gasteiger partial charge < -0.3 is 5.32 Å². The van der Waals surface area contributed by atoms with Crippen molar-refractivity contribution in [2.45, 2.75) is 123 Å². The second kappa shape index (κ2) is 17.2. The molecule has 0 spiro atoms. The lowest BCUT2D eigenvalue weighted by molar-refractivity contribution is -0.288. The molecule has 0 radical (unpaired) electrons. The number of fused-ring (bicyclic) bond motifs is 1. The molecule has 0 aliphatic carbocycles. The summed E-state index contributed by atoms with van der Waals surface area (Å²) in [7, 11) is 0. The smallest absolute Gasteiger partial charge is 0.253 e. The molecular formula is C32H51N5O3. The van der Waals surface area contributed by atoms with Crippen LogP contribution in [0, 0.1) is 0 Å². The maximum atomic E-state index is 12.2. The summed E-state index contributed by atoms with van der Waals surface area (Å²) in [6, 6.07) is 9.47. The molecule has 0 bridgehead atoms. The van der Waals surface area contributed by atoms with Crippen LogP contribution in [0.3, 0.4) is 0 Å². The molecule has 0 aliphatic rings. The van der Waals surface area contributed by atoms with E-state index in [1.807, 2.05) is 30.3 Å². The van der Waals surface area contributed by atoms with E-state index in [4.69, 9.17) is 9.78 Å². The monoisotopic (exact) mass is 553 g/mol. The van der Waals surface area contributed by atoms with Crippen molar-refractivity contribution in [2.24, 2.45) is 0 Å². The Kier molecular flexibility index (Phi) is 13.7. The molecule has 3 rings (SSSR count). The number of amides is 1. The maximum Gasteiger partial charge on any atom is 0.253 e. The maximum absolute atomic E-state index is 12.2. The van der Waals surface area contributed by atoms with Crippen LogP contribution in [0.5, 0.6) is 0 Å². The Balaban J connectivity index is 1.18. The highest BCUT2D eigenvalue weighted by molar-refractivity contribution is 5.91. The van der Waals surface area contributed by atoms with E-state index in [0.717, 1.165) is 29.7 Å². The van der Waals surface area contributed by atoms with E-state index in [0.29, 0.717) is 18.1 Å². The minimum Gasteiger partial charge on any atom is -0.324 e. The lowest BCUT2D eigenvalue weighted by Crippen LogP contribution is -2.18. The number of benzene rings is 1. The number of aromatic nitrogens is 4. The highest BCUT2D eigenvalue weighted by atomic mass is 17.2. The van der Waals surface area contributed by atoms with Gasteiger partial charge in [0.15, 0.2) is 18.1 Å². The molecule has 2 aromatic heterocycles. The fraction of sp³-hybridized carbons (Fsp3) is 0.656. The van der Waals surface area contributed by atoms with Gasteiger partial charge in [0.1, 0.15) is 0 Å². The molecule has 2 heterocycles. The average Bonchev–Trinajstić information content (AvgIpc) is 3.51. The van der Waals surface area contributed by atoms with Crippen LogP contribution in [-0.2, 0) is 20.0 Å². The first-order valence-electron chi connectivity index (χ1n) is 15.5. The Morgan fingerprint density at radius 3 is 1.98 bits per heavy atom. The zero-order valence-corrected chi connectivity index (χ0v) is 25.3. The molecule has 0 fully saturated rings. The first kappa shape index (κ1) is 31.8. The van der Waals surface area contributed by atoms with E-state index >= 15 is 0 Å².